The third-order valence-corrected chi connectivity index (χ3v) is 1.38. The van der Waals surface area contributed by atoms with Gasteiger partial charge in [-0.25, -0.2) is 4.98 Å². The molecule has 0 aromatic carbocycles. The third-order valence-electron chi connectivity index (χ3n) is 1.38. The Morgan fingerprint density at radius 1 is 1.50 bits per heavy atom. The first-order valence-electron chi connectivity index (χ1n) is 3.25. The summed E-state index contributed by atoms with van der Waals surface area (Å²) in [5, 5.41) is 0. The van der Waals surface area contributed by atoms with Crippen LogP contribution in [0.3, 0.4) is 0 Å². The van der Waals surface area contributed by atoms with Crippen LogP contribution in [-0.2, 0) is 11.3 Å². The van der Waals surface area contributed by atoms with E-state index in [1.54, 1.807) is 7.11 Å². The predicted octanol–water partition coefficient (Wildman–Crippen LogP) is 1.17. The van der Waals surface area contributed by atoms with Gasteiger partial charge in [0.25, 0.3) is 0 Å². The number of imidazole rings is 1. The van der Waals surface area contributed by atoms with Gasteiger partial charge in [-0.2, -0.15) is 0 Å². The van der Waals surface area contributed by atoms with Crippen LogP contribution < -0.4 is 0 Å². The number of nitrogens with zero attached hydrogens (tertiary/aromatic N) is 1. The summed E-state index contributed by atoms with van der Waals surface area (Å²) in [6.07, 6.45) is 0. The molecule has 0 saturated carbocycles. The number of hydrogen-bond donors (Lipinski definition) is 1. The van der Waals surface area contributed by atoms with E-state index < -0.39 is 0 Å². The van der Waals surface area contributed by atoms with Crippen molar-refractivity contribution in [3.05, 3.63) is 17.2 Å². The van der Waals surface area contributed by atoms with E-state index in [-0.39, 0.29) is 0 Å². The zero-order valence-electron chi connectivity index (χ0n) is 6.56. The number of aromatic amines is 1. The van der Waals surface area contributed by atoms with E-state index in [1.165, 1.54) is 0 Å². The van der Waals surface area contributed by atoms with E-state index in [0.29, 0.717) is 6.61 Å². The molecule has 1 aromatic rings. The van der Waals surface area contributed by atoms with Crippen molar-refractivity contribution < 1.29 is 4.74 Å². The number of aromatic nitrogens is 2. The predicted molar refractivity (Wildman–Crippen MR) is 38.8 cm³/mol. The highest BCUT2D eigenvalue weighted by Gasteiger charge is 2.01. The van der Waals surface area contributed by atoms with Crippen LogP contribution in [0.1, 0.15) is 17.2 Å². The Balaban J connectivity index is 2.81. The first-order valence-corrected chi connectivity index (χ1v) is 3.25. The van der Waals surface area contributed by atoms with E-state index in [1.807, 2.05) is 13.8 Å². The van der Waals surface area contributed by atoms with Crippen molar-refractivity contribution in [1.82, 2.24) is 9.97 Å². The van der Waals surface area contributed by atoms with Crippen molar-refractivity contribution in [2.45, 2.75) is 20.5 Å². The fourth-order valence-corrected chi connectivity index (χ4v) is 0.935. The molecular weight excluding hydrogens is 128 g/mol. The molecule has 3 nitrogen and oxygen atoms in total. The van der Waals surface area contributed by atoms with Crippen molar-refractivity contribution in [2.75, 3.05) is 7.11 Å². The lowest BCUT2D eigenvalue weighted by Gasteiger charge is -1.92. The van der Waals surface area contributed by atoms with E-state index in [9.17, 15) is 0 Å². The van der Waals surface area contributed by atoms with Crippen LogP contribution >= 0.6 is 0 Å². The molecule has 3 heteroatoms. The maximum atomic E-state index is 4.94. The van der Waals surface area contributed by atoms with Crippen molar-refractivity contribution in [2.24, 2.45) is 0 Å². The Bertz CT molecular complexity index is 217. The summed E-state index contributed by atoms with van der Waals surface area (Å²) in [5.41, 5.74) is 2.10. The second kappa shape index (κ2) is 2.84. The standard InChI is InChI=1S/C7H12N2O/c1-5-7(4-10-3)9-6(2)8-5/h4H2,1-3H3,(H,8,9). The summed E-state index contributed by atoms with van der Waals surface area (Å²) in [6.45, 7) is 4.52. The van der Waals surface area contributed by atoms with E-state index >= 15 is 0 Å². The molecule has 1 aromatic heterocycles. The highest BCUT2D eigenvalue weighted by atomic mass is 16.5. The highest BCUT2D eigenvalue weighted by Crippen LogP contribution is 2.04. The van der Waals surface area contributed by atoms with E-state index in [4.69, 9.17) is 4.74 Å². The van der Waals surface area contributed by atoms with Crippen molar-refractivity contribution in [1.29, 1.82) is 0 Å². The minimum atomic E-state index is 0.593. The van der Waals surface area contributed by atoms with Gasteiger partial charge >= 0.3 is 0 Å². The number of hydrogen-bond acceptors (Lipinski definition) is 2. The van der Waals surface area contributed by atoms with Crippen LogP contribution in [0.5, 0.6) is 0 Å². The van der Waals surface area contributed by atoms with Crippen molar-refractivity contribution >= 4 is 0 Å². The van der Waals surface area contributed by atoms with Crippen LogP contribution in [-0.4, -0.2) is 17.1 Å². The largest absolute Gasteiger partial charge is 0.378 e. The molecule has 0 fully saturated rings. The molecule has 0 radical (unpaired) electrons. The number of aryl methyl sites for hydroxylation is 2. The molecule has 0 bridgehead atoms. The second-order valence-corrected chi connectivity index (χ2v) is 2.33. The zero-order chi connectivity index (χ0) is 7.56. The SMILES string of the molecule is COCc1nc(C)[nH]c1C. The Kier molecular flexibility index (Phi) is 2.06. The Morgan fingerprint density at radius 3 is 2.60 bits per heavy atom. The molecule has 0 aliphatic heterocycles. The van der Waals surface area contributed by atoms with Gasteiger partial charge in [-0.05, 0) is 13.8 Å². The molecule has 0 aliphatic rings. The zero-order valence-corrected chi connectivity index (χ0v) is 6.56. The minimum absolute atomic E-state index is 0.593. The van der Waals surface area contributed by atoms with Gasteiger partial charge in [-0.15, -0.1) is 0 Å². The van der Waals surface area contributed by atoms with Crippen molar-refractivity contribution in [3.63, 3.8) is 0 Å². The first kappa shape index (κ1) is 7.28. The molecular formula is C7H12N2O. The summed E-state index contributed by atoms with van der Waals surface area (Å²) < 4.78 is 4.94. The molecule has 0 saturated heterocycles. The van der Waals surface area contributed by atoms with Gasteiger partial charge < -0.3 is 9.72 Å². The van der Waals surface area contributed by atoms with Gasteiger partial charge in [0, 0.05) is 12.8 Å². The summed E-state index contributed by atoms with van der Waals surface area (Å²) >= 11 is 0. The fraction of sp³-hybridized carbons (Fsp3) is 0.571. The van der Waals surface area contributed by atoms with E-state index in [0.717, 1.165) is 17.2 Å². The van der Waals surface area contributed by atoms with Gasteiger partial charge in [0.1, 0.15) is 5.82 Å². The van der Waals surface area contributed by atoms with Gasteiger partial charge in [0.15, 0.2) is 0 Å². The molecule has 1 rings (SSSR count). The molecule has 10 heavy (non-hydrogen) atoms. The average Bonchev–Trinajstić information content (AvgIpc) is 2.13. The van der Waals surface area contributed by atoms with E-state index in [2.05, 4.69) is 9.97 Å². The molecule has 1 N–H and O–H groups in total. The van der Waals surface area contributed by atoms with Gasteiger partial charge in [-0.1, -0.05) is 0 Å². The van der Waals surface area contributed by atoms with Gasteiger partial charge in [-0.3, -0.25) is 0 Å². The number of rotatable bonds is 2. The normalized spacial score (nSPS) is 10.3. The number of methoxy groups -OCH3 is 1. The van der Waals surface area contributed by atoms with Crippen LogP contribution in [0.4, 0.5) is 0 Å². The molecule has 1 heterocycles. The lowest BCUT2D eigenvalue weighted by molar-refractivity contribution is 0.181. The molecule has 0 amide bonds. The molecule has 0 unspecified atom stereocenters. The quantitative estimate of drug-likeness (QED) is 0.669. The second-order valence-electron chi connectivity index (χ2n) is 2.33. The summed E-state index contributed by atoms with van der Waals surface area (Å²) in [6, 6.07) is 0. The topological polar surface area (TPSA) is 37.9 Å². The van der Waals surface area contributed by atoms with Crippen LogP contribution in [0.25, 0.3) is 0 Å². The highest BCUT2D eigenvalue weighted by molar-refractivity contribution is 5.10. The number of ether oxygens (including phenoxy) is 1. The fourth-order valence-electron chi connectivity index (χ4n) is 0.935. The van der Waals surface area contributed by atoms with Crippen LogP contribution in [0, 0.1) is 13.8 Å². The molecule has 0 atom stereocenters. The average molecular weight is 140 g/mol. The monoisotopic (exact) mass is 140 g/mol. The van der Waals surface area contributed by atoms with Gasteiger partial charge in [0.2, 0.25) is 0 Å². The maximum absolute atomic E-state index is 4.94. The lowest BCUT2D eigenvalue weighted by atomic mass is 10.4. The first-order chi connectivity index (χ1) is 4.74. The molecule has 0 aliphatic carbocycles. The number of nitrogens with one attached hydrogen (secondary N) is 1. The smallest absolute Gasteiger partial charge is 0.103 e. The maximum Gasteiger partial charge on any atom is 0.103 e. The van der Waals surface area contributed by atoms with Crippen LogP contribution in [0.2, 0.25) is 0 Å². The van der Waals surface area contributed by atoms with Gasteiger partial charge in [0.05, 0.1) is 12.3 Å². The Labute approximate surface area is 60.4 Å². The molecule has 56 valence electrons. The lowest BCUT2D eigenvalue weighted by Crippen LogP contribution is -1.89. The minimum Gasteiger partial charge on any atom is -0.378 e. The molecule has 0 spiro atoms. The Morgan fingerprint density at radius 2 is 2.20 bits per heavy atom. The summed E-state index contributed by atoms with van der Waals surface area (Å²) in [4.78, 5) is 7.32. The number of H-pyrrole nitrogens is 1. The van der Waals surface area contributed by atoms with Crippen molar-refractivity contribution in [3.8, 4) is 0 Å². The summed E-state index contributed by atoms with van der Waals surface area (Å²) in [5.74, 6) is 0.949. The Hall–Kier alpha value is -0.830. The van der Waals surface area contributed by atoms with Crippen LogP contribution in [0.15, 0.2) is 0 Å². The summed E-state index contributed by atoms with van der Waals surface area (Å²) in [7, 11) is 1.67. The third kappa shape index (κ3) is 1.36.